The minimum absolute atomic E-state index is 0.451. The summed E-state index contributed by atoms with van der Waals surface area (Å²) in [5.74, 6) is 0.627. The third kappa shape index (κ3) is 4.27. The maximum absolute atomic E-state index is 6.04. The highest BCUT2D eigenvalue weighted by atomic mass is 35.5. The fourth-order valence-corrected chi connectivity index (χ4v) is 2.64. The zero-order valence-corrected chi connectivity index (χ0v) is 12.8. The Labute approximate surface area is 126 Å². The Morgan fingerprint density at radius 2 is 2.21 bits per heavy atom. The molecule has 2 aromatic rings. The number of halogens is 2. The number of anilines is 1. The van der Waals surface area contributed by atoms with Crippen molar-refractivity contribution in [1.82, 2.24) is 4.98 Å². The zero-order valence-electron chi connectivity index (χ0n) is 10.5. The summed E-state index contributed by atoms with van der Waals surface area (Å²) in [6, 6.07) is 5.19. The van der Waals surface area contributed by atoms with Gasteiger partial charge < -0.3 is 10.1 Å². The first-order valence-electron chi connectivity index (χ1n) is 5.95. The van der Waals surface area contributed by atoms with Gasteiger partial charge in [-0.3, -0.25) is 0 Å². The van der Waals surface area contributed by atoms with Crippen LogP contribution in [0.4, 0.5) is 5.13 Å². The minimum atomic E-state index is 0.451. The van der Waals surface area contributed by atoms with E-state index in [-0.39, 0.29) is 0 Å². The molecule has 0 atom stereocenters. The van der Waals surface area contributed by atoms with Gasteiger partial charge in [-0.05, 0) is 24.6 Å². The highest BCUT2D eigenvalue weighted by Crippen LogP contribution is 2.29. The second-order valence-corrected chi connectivity index (χ2v) is 5.88. The normalized spacial score (nSPS) is 10.5. The fraction of sp³-hybridized carbons (Fsp3) is 0.308. The SMILES string of the molecule is CCCNc1ncc(COc2ccc(Cl)cc2Cl)s1. The molecule has 0 radical (unpaired) electrons. The molecule has 0 spiro atoms. The van der Waals surface area contributed by atoms with E-state index in [1.807, 2.05) is 6.20 Å². The van der Waals surface area contributed by atoms with Crippen molar-refractivity contribution >= 4 is 39.7 Å². The van der Waals surface area contributed by atoms with Crippen molar-refractivity contribution in [1.29, 1.82) is 0 Å². The number of nitrogens with zero attached hydrogens (tertiary/aromatic N) is 1. The molecule has 0 fully saturated rings. The molecule has 1 aromatic carbocycles. The molecule has 0 aliphatic rings. The summed E-state index contributed by atoms with van der Waals surface area (Å²) < 4.78 is 5.65. The van der Waals surface area contributed by atoms with Crippen molar-refractivity contribution in [2.45, 2.75) is 20.0 Å². The van der Waals surface area contributed by atoms with Crippen LogP contribution in [-0.2, 0) is 6.61 Å². The van der Waals surface area contributed by atoms with Gasteiger partial charge in [0, 0.05) is 17.8 Å². The maximum atomic E-state index is 6.04. The standard InChI is InChI=1S/C13H14Cl2N2OS/c1-2-5-16-13-17-7-10(19-13)8-18-12-4-3-9(14)6-11(12)15/h3-4,6-7H,2,5,8H2,1H3,(H,16,17). The molecule has 102 valence electrons. The number of hydrogen-bond acceptors (Lipinski definition) is 4. The number of hydrogen-bond donors (Lipinski definition) is 1. The molecule has 0 aliphatic carbocycles. The Morgan fingerprint density at radius 3 is 2.95 bits per heavy atom. The Bertz CT molecular complexity index is 545. The number of thiazole rings is 1. The van der Waals surface area contributed by atoms with Gasteiger partial charge in [-0.15, -0.1) is 0 Å². The first-order valence-corrected chi connectivity index (χ1v) is 7.52. The number of aromatic nitrogens is 1. The first kappa shape index (κ1) is 14.4. The summed E-state index contributed by atoms with van der Waals surface area (Å²) in [6.45, 7) is 3.50. The average molecular weight is 317 g/mol. The lowest BCUT2D eigenvalue weighted by molar-refractivity contribution is 0.310. The van der Waals surface area contributed by atoms with E-state index in [9.17, 15) is 0 Å². The van der Waals surface area contributed by atoms with Crippen molar-refractivity contribution in [3.05, 3.63) is 39.3 Å². The van der Waals surface area contributed by atoms with Crippen LogP contribution < -0.4 is 10.1 Å². The average Bonchev–Trinajstić information content (AvgIpc) is 2.83. The molecular weight excluding hydrogens is 303 g/mol. The summed E-state index contributed by atoms with van der Waals surface area (Å²) in [7, 11) is 0. The van der Waals surface area contributed by atoms with Crippen LogP contribution in [0, 0.1) is 0 Å². The second kappa shape index (κ2) is 6.98. The number of benzene rings is 1. The molecule has 0 amide bonds. The summed E-state index contributed by atoms with van der Waals surface area (Å²) >= 11 is 13.4. The molecule has 0 saturated carbocycles. The van der Waals surface area contributed by atoms with Crippen molar-refractivity contribution in [2.24, 2.45) is 0 Å². The van der Waals surface area contributed by atoms with E-state index in [0.717, 1.165) is 23.0 Å². The van der Waals surface area contributed by atoms with Crippen molar-refractivity contribution in [3.63, 3.8) is 0 Å². The number of rotatable bonds is 6. The van der Waals surface area contributed by atoms with E-state index in [4.69, 9.17) is 27.9 Å². The Kier molecular flexibility index (Phi) is 5.31. The molecule has 1 N–H and O–H groups in total. The van der Waals surface area contributed by atoms with Gasteiger partial charge in [0.2, 0.25) is 0 Å². The molecule has 0 aliphatic heterocycles. The molecule has 0 bridgehead atoms. The summed E-state index contributed by atoms with van der Waals surface area (Å²) in [4.78, 5) is 5.32. The molecule has 1 aromatic heterocycles. The molecular formula is C13H14Cl2N2OS. The van der Waals surface area contributed by atoms with Crippen LogP contribution >= 0.6 is 34.5 Å². The molecule has 0 unspecified atom stereocenters. The smallest absolute Gasteiger partial charge is 0.182 e. The van der Waals surface area contributed by atoms with Crippen LogP contribution in [0.2, 0.25) is 10.0 Å². The minimum Gasteiger partial charge on any atom is -0.486 e. The zero-order chi connectivity index (χ0) is 13.7. The molecule has 1 heterocycles. The fourth-order valence-electron chi connectivity index (χ4n) is 1.43. The molecule has 6 heteroatoms. The molecule has 2 rings (SSSR count). The second-order valence-electron chi connectivity index (χ2n) is 3.92. The van der Waals surface area contributed by atoms with Crippen LogP contribution in [0.1, 0.15) is 18.2 Å². The van der Waals surface area contributed by atoms with Crippen LogP contribution in [0.3, 0.4) is 0 Å². The Balaban J connectivity index is 1.92. The van der Waals surface area contributed by atoms with E-state index in [0.29, 0.717) is 22.4 Å². The van der Waals surface area contributed by atoms with Gasteiger partial charge in [-0.1, -0.05) is 41.5 Å². The van der Waals surface area contributed by atoms with Crippen LogP contribution in [-0.4, -0.2) is 11.5 Å². The van der Waals surface area contributed by atoms with E-state index in [1.165, 1.54) is 0 Å². The van der Waals surface area contributed by atoms with Crippen molar-refractivity contribution in [3.8, 4) is 5.75 Å². The van der Waals surface area contributed by atoms with Crippen molar-refractivity contribution in [2.75, 3.05) is 11.9 Å². The Morgan fingerprint density at radius 1 is 1.37 bits per heavy atom. The van der Waals surface area contributed by atoms with E-state index < -0.39 is 0 Å². The number of nitrogens with one attached hydrogen (secondary N) is 1. The quantitative estimate of drug-likeness (QED) is 0.827. The lowest BCUT2D eigenvalue weighted by Gasteiger charge is -2.06. The predicted octanol–water partition coefficient (Wildman–Crippen LogP) is 4.85. The Hall–Kier alpha value is -0.970. The lowest BCUT2D eigenvalue weighted by atomic mass is 10.3. The summed E-state index contributed by atoms with van der Waals surface area (Å²) in [6.07, 6.45) is 2.89. The molecule has 19 heavy (non-hydrogen) atoms. The van der Waals surface area contributed by atoms with Gasteiger partial charge in [0.25, 0.3) is 0 Å². The largest absolute Gasteiger partial charge is 0.486 e. The van der Waals surface area contributed by atoms with Crippen LogP contribution in [0.15, 0.2) is 24.4 Å². The van der Waals surface area contributed by atoms with E-state index >= 15 is 0 Å². The summed E-state index contributed by atoms with van der Waals surface area (Å²) in [5, 5.41) is 5.27. The lowest BCUT2D eigenvalue weighted by Crippen LogP contribution is -1.97. The third-order valence-corrected chi connectivity index (χ3v) is 3.80. The van der Waals surface area contributed by atoms with Gasteiger partial charge >= 0.3 is 0 Å². The van der Waals surface area contributed by atoms with Gasteiger partial charge in [0.15, 0.2) is 5.13 Å². The van der Waals surface area contributed by atoms with Gasteiger partial charge in [0.1, 0.15) is 12.4 Å². The maximum Gasteiger partial charge on any atom is 0.182 e. The van der Waals surface area contributed by atoms with Gasteiger partial charge in [-0.2, -0.15) is 0 Å². The third-order valence-electron chi connectivity index (χ3n) is 2.34. The molecule has 0 saturated heterocycles. The highest BCUT2D eigenvalue weighted by Gasteiger charge is 2.05. The van der Waals surface area contributed by atoms with E-state index in [2.05, 4.69) is 17.2 Å². The summed E-state index contributed by atoms with van der Waals surface area (Å²) in [5.41, 5.74) is 0. The van der Waals surface area contributed by atoms with Crippen LogP contribution in [0.5, 0.6) is 5.75 Å². The predicted molar refractivity (Wildman–Crippen MR) is 81.7 cm³/mol. The van der Waals surface area contributed by atoms with Gasteiger partial charge in [0.05, 0.1) is 9.90 Å². The topological polar surface area (TPSA) is 34.2 Å². The first-order chi connectivity index (χ1) is 9.19. The van der Waals surface area contributed by atoms with Crippen molar-refractivity contribution < 1.29 is 4.74 Å². The highest BCUT2D eigenvalue weighted by molar-refractivity contribution is 7.15. The molecule has 3 nitrogen and oxygen atoms in total. The number of ether oxygens (including phenoxy) is 1. The van der Waals surface area contributed by atoms with E-state index in [1.54, 1.807) is 29.5 Å². The van der Waals surface area contributed by atoms with Gasteiger partial charge in [-0.25, -0.2) is 4.98 Å². The monoisotopic (exact) mass is 316 g/mol. The van der Waals surface area contributed by atoms with Crippen LogP contribution in [0.25, 0.3) is 0 Å².